The minimum Gasteiger partial charge on any atom is -0.494 e. The molecule has 0 aliphatic rings. The molecule has 156 valence electrons. The molecule has 0 saturated carbocycles. The number of aryl methyl sites for hydroxylation is 3. The van der Waals surface area contributed by atoms with Gasteiger partial charge in [0.2, 0.25) is 0 Å². The van der Waals surface area contributed by atoms with Crippen LogP contribution in [0.3, 0.4) is 0 Å². The lowest BCUT2D eigenvalue weighted by Gasteiger charge is -2.15. The van der Waals surface area contributed by atoms with E-state index in [9.17, 15) is 0 Å². The Labute approximate surface area is 172 Å². The Morgan fingerprint density at radius 1 is 1.07 bits per heavy atom. The maximum Gasteiger partial charge on any atom is 0.158 e. The molecule has 1 N–H and O–H groups in total. The Balaban J connectivity index is 2.16. The van der Waals surface area contributed by atoms with E-state index in [2.05, 4.69) is 52.9 Å². The largest absolute Gasteiger partial charge is 0.494 e. The Morgan fingerprint density at radius 3 is 2.45 bits per heavy atom. The summed E-state index contributed by atoms with van der Waals surface area (Å²) in [5.41, 5.74) is 4.11. The average molecular weight is 398 g/mol. The van der Waals surface area contributed by atoms with E-state index in [1.54, 1.807) is 7.11 Å². The molecule has 0 radical (unpaired) electrons. The van der Waals surface area contributed by atoms with Gasteiger partial charge in [-0.25, -0.2) is 0 Å². The molecule has 7 heteroatoms. The van der Waals surface area contributed by atoms with Crippen LogP contribution in [-0.2, 0) is 0 Å². The average Bonchev–Trinajstić information content (AvgIpc) is 2.95. The molecule has 1 aromatic carbocycles. The number of nitrogens with one attached hydrogen (secondary N) is 1. The number of rotatable bonds is 8. The van der Waals surface area contributed by atoms with Crippen LogP contribution >= 0.6 is 0 Å². The zero-order valence-corrected chi connectivity index (χ0v) is 18.5. The molecule has 0 saturated heterocycles. The van der Waals surface area contributed by atoms with Gasteiger partial charge in [0.05, 0.1) is 25.1 Å². The maximum absolute atomic E-state index is 5.69. The lowest BCUT2D eigenvalue weighted by Crippen LogP contribution is -2.21. The van der Waals surface area contributed by atoms with Crippen LogP contribution in [0.15, 0.2) is 18.2 Å². The molecule has 0 spiro atoms. The van der Waals surface area contributed by atoms with Gasteiger partial charge >= 0.3 is 0 Å². The standard InChI is InChI=1S/C22H31N5O2/c1-8-29-17-9-10-18(19(13-17)28-7)27-15(3)20-14(2)24-25-22(21(20)16(27)4)23-11-12-26(5)6/h9-10,13H,8,11-12H2,1-7H3,(H,23,25). The minimum absolute atomic E-state index is 0.618. The second-order valence-electron chi connectivity index (χ2n) is 7.39. The van der Waals surface area contributed by atoms with Gasteiger partial charge in [-0.15, -0.1) is 5.10 Å². The van der Waals surface area contributed by atoms with Gasteiger partial charge in [0, 0.05) is 41.3 Å². The summed E-state index contributed by atoms with van der Waals surface area (Å²) in [6.45, 7) is 10.5. The van der Waals surface area contributed by atoms with E-state index in [1.165, 1.54) is 0 Å². The first-order valence-corrected chi connectivity index (χ1v) is 9.93. The fourth-order valence-electron chi connectivity index (χ4n) is 3.78. The molecule has 0 atom stereocenters. The summed E-state index contributed by atoms with van der Waals surface area (Å²) in [6, 6.07) is 5.95. The SMILES string of the molecule is CCOc1ccc(-n2c(C)c3c(C)nnc(NCCN(C)C)c3c2C)c(OC)c1. The molecule has 3 rings (SSSR count). The van der Waals surface area contributed by atoms with Crippen molar-refractivity contribution in [1.82, 2.24) is 19.7 Å². The van der Waals surface area contributed by atoms with Crippen molar-refractivity contribution < 1.29 is 9.47 Å². The van der Waals surface area contributed by atoms with E-state index in [0.717, 1.165) is 63.9 Å². The van der Waals surface area contributed by atoms with Crippen molar-refractivity contribution in [2.24, 2.45) is 0 Å². The summed E-state index contributed by atoms with van der Waals surface area (Å²) in [5, 5.41) is 14.5. The summed E-state index contributed by atoms with van der Waals surface area (Å²) in [7, 11) is 5.80. The minimum atomic E-state index is 0.618. The van der Waals surface area contributed by atoms with Gasteiger partial charge in [-0.3, -0.25) is 0 Å². The maximum atomic E-state index is 5.69. The normalized spacial score (nSPS) is 11.3. The molecule has 2 aromatic heterocycles. The highest BCUT2D eigenvalue weighted by molar-refractivity contribution is 5.98. The molecular formula is C22H31N5O2. The van der Waals surface area contributed by atoms with Crippen LogP contribution in [-0.4, -0.2) is 60.6 Å². The Bertz CT molecular complexity index is 1010. The Kier molecular flexibility index (Phi) is 6.27. The fraction of sp³-hybridized carbons (Fsp3) is 0.455. The Morgan fingerprint density at radius 2 is 1.79 bits per heavy atom. The van der Waals surface area contributed by atoms with Crippen molar-refractivity contribution in [3.63, 3.8) is 0 Å². The summed E-state index contributed by atoms with van der Waals surface area (Å²) >= 11 is 0. The van der Waals surface area contributed by atoms with Crippen molar-refractivity contribution in [2.75, 3.05) is 46.2 Å². The number of methoxy groups -OCH3 is 1. The third kappa shape index (κ3) is 4.00. The monoisotopic (exact) mass is 397 g/mol. The van der Waals surface area contributed by atoms with Crippen LogP contribution in [0, 0.1) is 20.8 Å². The molecule has 3 aromatic rings. The number of nitrogens with zero attached hydrogens (tertiary/aromatic N) is 4. The number of ether oxygens (including phenoxy) is 2. The van der Waals surface area contributed by atoms with Gasteiger partial charge in [-0.2, -0.15) is 5.10 Å². The smallest absolute Gasteiger partial charge is 0.158 e. The van der Waals surface area contributed by atoms with Crippen LogP contribution < -0.4 is 14.8 Å². The second kappa shape index (κ2) is 8.69. The number of likely N-dealkylation sites (N-methyl/N-ethyl adjacent to an activating group) is 1. The molecule has 0 unspecified atom stereocenters. The zero-order chi connectivity index (χ0) is 21.1. The fourth-order valence-corrected chi connectivity index (χ4v) is 3.78. The van der Waals surface area contributed by atoms with Crippen LogP contribution in [0.2, 0.25) is 0 Å². The van der Waals surface area contributed by atoms with E-state index >= 15 is 0 Å². The van der Waals surface area contributed by atoms with Crippen molar-refractivity contribution in [1.29, 1.82) is 0 Å². The van der Waals surface area contributed by atoms with Crippen molar-refractivity contribution >= 4 is 16.6 Å². The summed E-state index contributed by atoms with van der Waals surface area (Å²) in [6.07, 6.45) is 0. The highest BCUT2D eigenvalue weighted by atomic mass is 16.5. The van der Waals surface area contributed by atoms with Crippen LogP contribution in [0.25, 0.3) is 16.5 Å². The number of hydrogen-bond donors (Lipinski definition) is 1. The van der Waals surface area contributed by atoms with Crippen molar-refractivity contribution in [3.05, 3.63) is 35.3 Å². The third-order valence-corrected chi connectivity index (χ3v) is 5.10. The van der Waals surface area contributed by atoms with Crippen LogP contribution in [0.1, 0.15) is 24.0 Å². The molecule has 0 aliphatic carbocycles. The highest BCUT2D eigenvalue weighted by Gasteiger charge is 2.21. The number of fused-ring (bicyclic) bond motifs is 1. The van der Waals surface area contributed by atoms with Gasteiger partial charge in [0.25, 0.3) is 0 Å². The molecule has 0 bridgehead atoms. The molecule has 7 nitrogen and oxygen atoms in total. The first-order valence-electron chi connectivity index (χ1n) is 9.93. The van der Waals surface area contributed by atoms with Gasteiger partial charge in [0.15, 0.2) is 5.82 Å². The second-order valence-corrected chi connectivity index (χ2v) is 7.39. The molecule has 0 amide bonds. The summed E-state index contributed by atoms with van der Waals surface area (Å²) in [4.78, 5) is 2.14. The van der Waals surface area contributed by atoms with Crippen LogP contribution in [0.5, 0.6) is 11.5 Å². The van der Waals surface area contributed by atoms with E-state index in [4.69, 9.17) is 9.47 Å². The number of aromatic nitrogens is 3. The number of hydrogen-bond acceptors (Lipinski definition) is 6. The predicted octanol–water partition coefficient (Wildman–Crippen LogP) is 3.73. The van der Waals surface area contributed by atoms with Gasteiger partial charge in [0.1, 0.15) is 11.5 Å². The molecule has 29 heavy (non-hydrogen) atoms. The number of anilines is 1. The third-order valence-electron chi connectivity index (χ3n) is 5.10. The van der Waals surface area contributed by atoms with Crippen molar-refractivity contribution in [2.45, 2.75) is 27.7 Å². The lowest BCUT2D eigenvalue weighted by molar-refractivity contribution is 0.336. The number of benzene rings is 1. The molecule has 0 aliphatic heterocycles. The van der Waals surface area contributed by atoms with Crippen molar-refractivity contribution in [3.8, 4) is 17.2 Å². The lowest BCUT2D eigenvalue weighted by atomic mass is 10.1. The zero-order valence-electron chi connectivity index (χ0n) is 18.5. The van der Waals surface area contributed by atoms with E-state index in [1.807, 2.05) is 32.0 Å². The summed E-state index contributed by atoms with van der Waals surface area (Å²) < 4.78 is 13.5. The van der Waals surface area contributed by atoms with E-state index in [-0.39, 0.29) is 0 Å². The first-order chi connectivity index (χ1) is 13.9. The van der Waals surface area contributed by atoms with E-state index < -0.39 is 0 Å². The van der Waals surface area contributed by atoms with E-state index in [0.29, 0.717) is 6.61 Å². The quantitative estimate of drug-likeness (QED) is 0.625. The van der Waals surface area contributed by atoms with Crippen LogP contribution in [0.4, 0.5) is 5.82 Å². The first kappa shape index (κ1) is 20.9. The molecular weight excluding hydrogens is 366 g/mol. The molecule has 2 heterocycles. The highest BCUT2D eigenvalue weighted by Crippen LogP contribution is 2.37. The van der Waals surface area contributed by atoms with Gasteiger partial charge < -0.3 is 24.3 Å². The Hall–Kier alpha value is -2.80. The van der Waals surface area contributed by atoms with Gasteiger partial charge in [-0.1, -0.05) is 0 Å². The molecule has 0 fully saturated rings. The topological polar surface area (TPSA) is 64.4 Å². The predicted molar refractivity (Wildman–Crippen MR) is 118 cm³/mol. The summed E-state index contributed by atoms with van der Waals surface area (Å²) in [5.74, 6) is 2.38. The van der Waals surface area contributed by atoms with Gasteiger partial charge in [-0.05, 0) is 53.9 Å².